The van der Waals surface area contributed by atoms with E-state index >= 15 is 0 Å². The number of hydrogen-bond acceptors (Lipinski definition) is 4. The predicted octanol–water partition coefficient (Wildman–Crippen LogP) is 5.50. The Bertz CT molecular complexity index is 1210. The summed E-state index contributed by atoms with van der Waals surface area (Å²) in [4.78, 5) is 27.0. The first-order valence-corrected chi connectivity index (χ1v) is 12.7. The minimum Gasteiger partial charge on any atom is -0.352 e. The van der Waals surface area contributed by atoms with Crippen molar-refractivity contribution >= 4 is 11.6 Å². The molecule has 2 heterocycles. The Morgan fingerprint density at radius 2 is 1.36 bits per heavy atom. The highest BCUT2D eigenvalue weighted by Gasteiger charge is 2.33. The maximum Gasteiger partial charge on any atom is 0.245 e. The summed E-state index contributed by atoms with van der Waals surface area (Å²) in [7, 11) is 0. The minimum atomic E-state index is -0.355. The number of nitrogens with zero attached hydrogens (tertiary/aromatic N) is 4. The topological polar surface area (TPSA) is 49.3 Å². The number of rotatable bonds is 8. The van der Waals surface area contributed by atoms with Gasteiger partial charge in [-0.15, -0.1) is 0 Å². The lowest BCUT2D eigenvalue weighted by molar-refractivity contribution is -0.133. The van der Waals surface area contributed by atoms with Gasteiger partial charge in [-0.1, -0.05) is 91.0 Å². The van der Waals surface area contributed by atoms with Crippen LogP contribution in [0.2, 0.25) is 0 Å². The molecule has 0 radical (unpaired) electrons. The second kappa shape index (κ2) is 11.6. The fraction of sp³-hybridized carbons (Fsp3) is 0.258. The van der Waals surface area contributed by atoms with Crippen LogP contribution in [0.25, 0.3) is 0 Å². The molecule has 4 aromatic rings. The van der Waals surface area contributed by atoms with Gasteiger partial charge in [-0.2, -0.15) is 0 Å². The molecule has 1 saturated heterocycles. The Kier molecular flexibility index (Phi) is 7.67. The molecule has 5 rings (SSSR count). The van der Waals surface area contributed by atoms with E-state index in [1.54, 1.807) is 0 Å². The van der Waals surface area contributed by atoms with E-state index in [1.165, 1.54) is 11.9 Å². The molecule has 1 aliphatic rings. The molecule has 182 valence electrons. The summed E-state index contributed by atoms with van der Waals surface area (Å²) in [6.45, 7) is 2.15. The minimum absolute atomic E-state index is 0.171. The fourth-order valence-corrected chi connectivity index (χ4v) is 5.14. The molecule has 3 aromatic carbocycles. The summed E-state index contributed by atoms with van der Waals surface area (Å²) >= 11 is 0. The lowest BCUT2D eigenvalue weighted by atomic mass is 9.89. The van der Waals surface area contributed by atoms with E-state index in [4.69, 9.17) is 0 Å². The molecule has 0 saturated carbocycles. The maximum absolute atomic E-state index is 14.2. The van der Waals surface area contributed by atoms with E-state index in [-0.39, 0.29) is 11.9 Å². The van der Waals surface area contributed by atoms with Crippen LogP contribution in [-0.4, -0.2) is 39.9 Å². The van der Waals surface area contributed by atoms with Crippen LogP contribution in [0.4, 0.5) is 5.69 Å². The van der Waals surface area contributed by atoms with Gasteiger partial charge in [0.1, 0.15) is 12.4 Å². The van der Waals surface area contributed by atoms with Gasteiger partial charge >= 0.3 is 0 Å². The molecule has 36 heavy (non-hydrogen) atoms. The molecule has 1 aromatic heterocycles. The highest BCUT2D eigenvalue weighted by atomic mass is 16.2. The lowest BCUT2D eigenvalue weighted by Gasteiger charge is -2.39. The highest BCUT2D eigenvalue weighted by Crippen LogP contribution is 2.29. The lowest BCUT2D eigenvalue weighted by Crippen LogP contribution is -2.51. The van der Waals surface area contributed by atoms with Gasteiger partial charge in [0, 0.05) is 26.1 Å². The van der Waals surface area contributed by atoms with E-state index in [1.807, 2.05) is 48.8 Å². The number of benzene rings is 3. The molecule has 1 unspecified atom stereocenters. The van der Waals surface area contributed by atoms with Crippen molar-refractivity contribution in [3.63, 3.8) is 0 Å². The molecule has 5 heteroatoms. The zero-order chi connectivity index (χ0) is 24.6. The smallest absolute Gasteiger partial charge is 0.245 e. The number of carbonyl (C=O) groups excluding carboxylic acids is 1. The number of aromatic nitrogens is 2. The molecular weight excluding hydrogens is 444 g/mol. The van der Waals surface area contributed by atoms with E-state index in [0.29, 0.717) is 18.9 Å². The van der Waals surface area contributed by atoms with Crippen LogP contribution in [0.5, 0.6) is 0 Å². The van der Waals surface area contributed by atoms with Crippen molar-refractivity contribution in [2.24, 2.45) is 0 Å². The number of likely N-dealkylation sites (tertiary alicyclic amines) is 1. The molecule has 1 amide bonds. The Balaban J connectivity index is 1.42. The van der Waals surface area contributed by atoms with Crippen molar-refractivity contribution in [2.75, 3.05) is 18.0 Å². The van der Waals surface area contributed by atoms with Gasteiger partial charge in [0.25, 0.3) is 0 Å². The molecule has 5 nitrogen and oxygen atoms in total. The van der Waals surface area contributed by atoms with Gasteiger partial charge in [-0.05, 0) is 35.4 Å². The number of piperidine rings is 1. The normalized spacial score (nSPS) is 14.8. The van der Waals surface area contributed by atoms with E-state index in [0.717, 1.165) is 42.7 Å². The third-order valence-corrected chi connectivity index (χ3v) is 7.09. The SMILES string of the molecule is O=C(C(Cc1ccccc1)N(Cc1ccccc1)c1cncnc1)N1CCC(c2ccccc2)CC1. The maximum atomic E-state index is 14.2. The Morgan fingerprint density at radius 3 is 1.97 bits per heavy atom. The van der Waals surface area contributed by atoms with Crippen LogP contribution < -0.4 is 4.90 Å². The van der Waals surface area contributed by atoms with Gasteiger partial charge in [-0.25, -0.2) is 9.97 Å². The average molecular weight is 477 g/mol. The van der Waals surface area contributed by atoms with E-state index in [9.17, 15) is 4.79 Å². The van der Waals surface area contributed by atoms with Gasteiger partial charge in [0.15, 0.2) is 0 Å². The third-order valence-electron chi connectivity index (χ3n) is 7.09. The van der Waals surface area contributed by atoms with Crippen LogP contribution >= 0.6 is 0 Å². The van der Waals surface area contributed by atoms with Gasteiger partial charge in [0.05, 0.1) is 18.1 Å². The highest BCUT2D eigenvalue weighted by molar-refractivity contribution is 5.86. The van der Waals surface area contributed by atoms with E-state index < -0.39 is 0 Å². The quantitative estimate of drug-likeness (QED) is 0.337. The molecule has 1 aliphatic heterocycles. The monoisotopic (exact) mass is 476 g/mol. The number of carbonyl (C=O) groups is 1. The van der Waals surface area contributed by atoms with Gasteiger partial charge in [-0.3, -0.25) is 4.79 Å². The molecule has 0 bridgehead atoms. The first-order chi connectivity index (χ1) is 17.8. The van der Waals surface area contributed by atoms with Crippen LogP contribution in [0.1, 0.15) is 35.4 Å². The summed E-state index contributed by atoms with van der Waals surface area (Å²) in [5.74, 6) is 0.677. The molecule has 1 fully saturated rings. The summed E-state index contributed by atoms with van der Waals surface area (Å²) in [6, 6.07) is 30.9. The average Bonchev–Trinajstić information content (AvgIpc) is 2.97. The Hall–Kier alpha value is -3.99. The van der Waals surface area contributed by atoms with Crippen molar-refractivity contribution in [3.8, 4) is 0 Å². The molecule has 0 spiro atoms. The molecule has 0 aliphatic carbocycles. The van der Waals surface area contributed by atoms with Gasteiger partial charge < -0.3 is 9.80 Å². The summed E-state index contributed by atoms with van der Waals surface area (Å²) in [5.41, 5.74) is 4.52. The number of anilines is 1. The first-order valence-electron chi connectivity index (χ1n) is 12.7. The van der Waals surface area contributed by atoms with Crippen molar-refractivity contribution in [1.29, 1.82) is 0 Å². The van der Waals surface area contributed by atoms with Crippen LogP contribution in [0.15, 0.2) is 110 Å². The van der Waals surface area contributed by atoms with E-state index in [2.05, 4.69) is 74.4 Å². The number of hydrogen-bond donors (Lipinski definition) is 0. The first kappa shape index (κ1) is 23.7. The summed E-state index contributed by atoms with van der Waals surface area (Å²) in [6.07, 6.45) is 7.75. The third kappa shape index (κ3) is 5.80. The van der Waals surface area contributed by atoms with Gasteiger partial charge in [0.2, 0.25) is 5.91 Å². The van der Waals surface area contributed by atoms with Crippen molar-refractivity contribution < 1.29 is 4.79 Å². The molecule has 0 N–H and O–H groups in total. The second-order valence-electron chi connectivity index (χ2n) is 9.43. The van der Waals surface area contributed by atoms with Crippen molar-refractivity contribution in [3.05, 3.63) is 126 Å². The summed E-state index contributed by atoms with van der Waals surface area (Å²) in [5, 5.41) is 0. The number of amides is 1. The Labute approximate surface area is 213 Å². The molecule has 1 atom stereocenters. The van der Waals surface area contributed by atoms with Crippen LogP contribution in [0, 0.1) is 0 Å². The zero-order valence-corrected chi connectivity index (χ0v) is 20.5. The zero-order valence-electron chi connectivity index (χ0n) is 20.5. The van der Waals surface area contributed by atoms with Crippen molar-refractivity contribution in [1.82, 2.24) is 14.9 Å². The van der Waals surface area contributed by atoms with Crippen molar-refractivity contribution in [2.45, 2.75) is 37.8 Å². The van der Waals surface area contributed by atoms with Crippen LogP contribution in [0.3, 0.4) is 0 Å². The fourth-order valence-electron chi connectivity index (χ4n) is 5.14. The Morgan fingerprint density at radius 1 is 0.806 bits per heavy atom. The standard InChI is InChI=1S/C31H32N4O/c36-31(34-18-16-28(17-19-34)27-14-8-3-9-15-27)30(20-25-10-4-1-5-11-25)35(29-21-32-24-33-22-29)23-26-12-6-2-7-13-26/h1-15,21-22,24,28,30H,16-20,23H2. The largest absolute Gasteiger partial charge is 0.352 e. The predicted molar refractivity (Wildman–Crippen MR) is 144 cm³/mol. The second-order valence-corrected chi connectivity index (χ2v) is 9.43. The van der Waals surface area contributed by atoms with Crippen LogP contribution in [-0.2, 0) is 17.8 Å². The molecular formula is C31H32N4O. The summed E-state index contributed by atoms with van der Waals surface area (Å²) < 4.78 is 0.